The van der Waals surface area contributed by atoms with Gasteiger partial charge in [-0.1, -0.05) is 24.3 Å². The Balaban J connectivity index is 2.06. The lowest BCUT2D eigenvalue weighted by molar-refractivity contribution is 0.151. The van der Waals surface area contributed by atoms with Crippen LogP contribution in [0.3, 0.4) is 0 Å². The second-order valence-electron chi connectivity index (χ2n) is 4.32. The smallest absolute Gasteiger partial charge is 0.0761 e. The normalized spacial score (nSPS) is 20.5. The van der Waals surface area contributed by atoms with Crippen LogP contribution in [-0.2, 0) is 6.42 Å². The van der Waals surface area contributed by atoms with E-state index in [0.717, 1.165) is 30.4 Å². The Hall–Kier alpha value is -0.860. The molecule has 1 atom stereocenters. The molecule has 2 heteroatoms. The minimum absolute atomic E-state index is 0.409. The summed E-state index contributed by atoms with van der Waals surface area (Å²) in [6.45, 7) is 1.75. The van der Waals surface area contributed by atoms with Crippen LogP contribution in [0.2, 0.25) is 0 Å². The Kier molecular flexibility index (Phi) is 2.33. The Labute approximate surface area is 84.2 Å². The van der Waals surface area contributed by atoms with E-state index >= 15 is 0 Å². The van der Waals surface area contributed by atoms with Gasteiger partial charge < -0.3 is 10.2 Å². The Bertz CT molecular complexity index is 310. The van der Waals surface area contributed by atoms with Crippen LogP contribution in [0.15, 0.2) is 24.3 Å². The van der Waals surface area contributed by atoms with Crippen molar-refractivity contribution in [3.8, 4) is 0 Å². The largest absolute Gasteiger partial charge is 0.390 e. The first-order valence-corrected chi connectivity index (χ1v) is 5.08. The lowest BCUT2D eigenvalue weighted by Gasteiger charge is -2.09. The predicted molar refractivity (Wildman–Crippen MR) is 55.0 cm³/mol. The van der Waals surface area contributed by atoms with Gasteiger partial charge in [-0.15, -0.1) is 0 Å². The molecule has 1 aromatic rings. The predicted octanol–water partition coefficient (Wildman–Crippen LogP) is 1.81. The van der Waals surface area contributed by atoms with Gasteiger partial charge in [0.1, 0.15) is 0 Å². The summed E-state index contributed by atoms with van der Waals surface area (Å²) < 4.78 is 0. The third-order valence-corrected chi connectivity index (χ3v) is 2.82. The first-order chi connectivity index (χ1) is 6.59. The number of benzene rings is 1. The standard InChI is InChI=1S/C12H16O2/c1-9(13)11-4-2-10(3-5-11)8-12(14)6-7-12/h2-5,9,13-14H,6-8H2,1H3. The summed E-state index contributed by atoms with van der Waals surface area (Å²) in [5, 5.41) is 19.0. The Morgan fingerprint density at radius 1 is 1.29 bits per heavy atom. The van der Waals surface area contributed by atoms with Gasteiger partial charge in [0.2, 0.25) is 0 Å². The molecule has 2 nitrogen and oxygen atoms in total. The van der Waals surface area contributed by atoms with Gasteiger partial charge >= 0.3 is 0 Å². The van der Waals surface area contributed by atoms with E-state index in [1.807, 2.05) is 24.3 Å². The number of rotatable bonds is 3. The zero-order valence-corrected chi connectivity index (χ0v) is 8.40. The summed E-state index contributed by atoms with van der Waals surface area (Å²) in [5.41, 5.74) is 1.65. The summed E-state index contributed by atoms with van der Waals surface area (Å²) in [6, 6.07) is 7.81. The van der Waals surface area contributed by atoms with E-state index in [1.165, 1.54) is 0 Å². The van der Waals surface area contributed by atoms with Crippen molar-refractivity contribution in [1.29, 1.82) is 0 Å². The van der Waals surface area contributed by atoms with E-state index in [1.54, 1.807) is 6.92 Å². The van der Waals surface area contributed by atoms with Crippen molar-refractivity contribution < 1.29 is 10.2 Å². The van der Waals surface area contributed by atoms with Crippen LogP contribution in [0, 0.1) is 0 Å². The van der Waals surface area contributed by atoms with Crippen LogP contribution >= 0.6 is 0 Å². The molecule has 1 unspecified atom stereocenters. The molecule has 0 spiro atoms. The van der Waals surface area contributed by atoms with E-state index in [0.29, 0.717) is 0 Å². The van der Waals surface area contributed by atoms with Gasteiger partial charge in [-0.3, -0.25) is 0 Å². The summed E-state index contributed by atoms with van der Waals surface area (Å²) in [7, 11) is 0. The first kappa shape index (κ1) is 9.69. The van der Waals surface area contributed by atoms with Crippen molar-refractivity contribution in [2.45, 2.75) is 37.9 Å². The molecule has 0 bridgehead atoms. The van der Waals surface area contributed by atoms with E-state index in [4.69, 9.17) is 0 Å². The lowest BCUT2D eigenvalue weighted by atomic mass is 10.0. The number of hydrogen-bond acceptors (Lipinski definition) is 2. The van der Waals surface area contributed by atoms with Crippen molar-refractivity contribution in [3.63, 3.8) is 0 Å². The molecule has 1 aliphatic rings. The molecule has 76 valence electrons. The maximum atomic E-state index is 9.71. The quantitative estimate of drug-likeness (QED) is 0.766. The van der Waals surface area contributed by atoms with Gasteiger partial charge in [0.15, 0.2) is 0 Å². The molecule has 2 rings (SSSR count). The average Bonchev–Trinajstić information content (AvgIpc) is 2.84. The molecule has 0 amide bonds. The Morgan fingerprint density at radius 3 is 2.29 bits per heavy atom. The highest BCUT2D eigenvalue weighted by Crippen LogP contribution is 2.38. The van der Waals surface area contributed by atoms with E-state index in [9.17, 15) is 10.2 Å². The van der Waals surface area contributed by atoms with Crippen molar-refractivity contribution in [3.05, 3.63) is 35.4 Å². The molecule has 0 aromatic heterocycles. The monoisotopic (exact) mass is 192 g/mol. The van der Waals surface area contributed by atoms with Crippen molar-refractivity contribution in [1.82, 2.24) is 0 Å². The summed E-state index contributed by atoms with van der Waals surface area (Å²) in [4.78, 5) is 0. The van der Waals surface area contributed by atoms with Crippen molar-refractivity contribution in [2.24, 2.45) is 0 Å². The minimum atomic E-state index is -0.424. The maximum Gasteiger partial charge on any atom is 0.0761 e. The van der Waals surface area contributed by atoms with E-state index in [2.05, 4.69) is 0 Å². The van der Waals surface area contributed by atoms with Gasteiger partial charge in [-0.25, -0.2) is 0 Å². The van der Waals surface area contributed by atoms with Gasteiger partial charge in [-0.2, -0.15) is 0 Å². The van der Waals surface area contributed by atoms with Crippen molar-refractivity contribution >= 4 is 0 Å². The topological polar surface area (TPSA) is 40.5 Å². The highest BCUT2D eigenvalue weighted by Gasteiger charge is 2.39. The zero-order chi connectivity index (χ0) is 10.2. The molecule has 0 aliphatic heterocycles. The molecule has 0 saturated heterocycles. The fourth-order valence-corrected chi connectivity index (χ4v) is 1.62. The van der Waals surface area contributed by atoms with Crippen LogP contribution < -0.4 is 0 Å². The van der Waals surface area contributed by atoms with Gasteiger partial charge in [0, 0.05) is 6.42 Å². The number of aliphatic hydroxyl groups excluding tert-OH is 1. The van der Waals surface area contributed by atoms with Gasteiger partial charge in [0.05, 0.1) is 11.7 Å². The van der Waals surface area contributed by atoms with Crippen LogP contribution in [0.4, 0.5) is 0 Å². The SMILES string of the molecule is CC(O)c1ccc(CC2(O)CC2)cc1. The highest BCUT2D eigenvalue weighted by molar-refractivity contribution is 5.26. The van der Waals surface area contributed by atoms with Gasteiger partial charge in [-0.05, 0) is 30.9 Å². The second kappa shape index (κ2) is 3.37. The molecular weight excluding hydrogens is 176 g/mol. The number of aliphatic hydroxyl groups is 2. The average molecular weight is 192 g/mol. The van der Waals surface area contributed by atoms with Crippen molar-refractivity contribution in [2.75, 3.05) is 0 Å². The summed E-state index contributed by atoms with van der Waals surface area (Å²) >= 11 is 0. The van der Waals surface area contributed by atoms with E-state index < -0.39 is 11.7 Å². The highest BCUT2D eigenvalue weighted by atomic mass is 16.3. The van der Waals surface area contributed by atoms with Crippen LogP contribution in [0.25, 0.3) is 0 Å². The molecule has 0 heterocycles. The minimum Gasteiger partial charge on any atom is -0.390 e. The molecular formula is C12H16O2. The summed E-state index contributed by atoms with van der Waals surface area (Å²) in [5.74, 6) is 0. The first-order valence-electron chi connectivity index (χ1n) is 5.08. The van der Waals surface area contributed by atoms with Gasteiger partial charge in [0.25, 0.3) is 0 Å². The molecule has 0 radical (unpaired) electrons. The lowest BCUT2D eigenvalue weighted by Crippen LogP contribution is -2.10. The fourth-order valence-electron chi connectivity index (χ4n) is 1.62. The van der Waals surface area contributed by atoms with Crippen LogP contribution in [0.1, 0.15) is 37.0 Å². The molecule has 2 N–H and O–H groups in total. The Morgan fingerprint density at radius 2 is 1.86 bits per heavy atom. The molecule has 1 saturated carbocycles. The van der Waals surface area contributed by atoms with Crippen LogP contribution in [0.5, 0.6) is 0 Å². The summed E-state index contributed by atoms with van der Waals surface area (Å²) in [6.07, 6.45) is 2.18. The van der Waals surface area contributed by atoms with E-state index in [-0.39, 0.29) is 0 Å². The molecule has 1 aromatic carbocycles. The fraction of sp³-hybridized carbons (Fsp3) is 0.500. The second-order valence-corrected chi connectivity index (χ2v) is 4.32. The number of hydrogen-bond donors (Lipinski definition) is 2. The zero-order valence-electron chi connectivity index (χ0n) is 8.40. The third kappa shape index (κ3) is 2.14. The molecule has 14 heavy (non-hydrogen) atoms. The molecule has 1 aliphatic carbocycles. The molecule has 1 fully saturated rings. The third-order valence-electron chi connectivity index (χ3n) is 2.82. The van der Waals surface area contributed by atoms with Crippen LogP contribution in [-0.4, -0.2) is 15.8 Å². The maximum absolute atomic E-state index is 9.71.